The van der Waals surface area contributed by atoms with Gasteiger partial charge in [-0.25, -0.2) is 4.79 Å². The molecule has 0 bridgehead atoms. The number of alkyl carbamates (subject to hydrolysis) is 1. The summed E-state index contributed by atoms with van der Waals surface area (Å²) in [5.41, 5.74) is 2.74. The average Bonchev–Trinajstić information content (AvgIpc) is 3.66. The van der Waals surface area contributed by atoms with E-state index in [1.54, 1.807) is 4.90 Å². The fraction of sp³-hybridized carbons (Fsp3) is 0.484. The average molecular weight is 534 g/mol. The Kier molecular flexibility index (Phi) is 7.84. The molecule has 0 aromatic heterocycles. The van der Waals surface area contributed by atoms with E-state index in [4.69, 9.17) is 14.2 Å². The van der Waals surface area contributed by atoms with Gasteiger partial charge in [0.25, 0.3) is 5.91 Å². The molecule has 1 aliphatic carbocycles. The van der Waals surface area contributed by atoms with Crippen molar-refractivity contribution in [1.29, 1.82) is 0 Å². The molecule has 208 valence electrons. The lowest BCUT2D eigenvalue weighted by atomic mass is 10.1. The van der Waals surface area contributed by atoms with Gasteiger partial charge in [-0.15, -0.1) is 0 Å². The highest BCUT2D eigenvalue weighted by atomic mass is 16.6. The molecule has 2 aromatic carbocycles. The van der Waals surface area contributed by atoms with Crippen molar-refractivity contribution in [2.45, 2.75) is 64.5 Å². The van der Waals surface area contributed by atoms with Crippen molar-refractivity contribution in [3.05, 3.63) is 65.4 Å². The molecule has 0 unspecified atom stereocenters. The molecular weight excluding hydrogens is 494 g/mol. The lowest BCUT2D eigenvalue weighted by Gasteiger charge is -2.39. The smallest absolute Gasteiger partial charge is 0.407 e. The van der Waals surface area contributed by atoms with Crippen LogP contribution in [0.4, 0.5) is 10.5 Å². The van der Waals surface area contributed by atoms with Crippen LogP contribution in [0.3, 0.4) is 0 Å². The highest BCUT2D eigenvalue weighted by molar-refractivity contribution is 6.07. The minimum atomic E-state index is -0.496. The Morgan fingerprint density at radius 3 is 2.49 bits per heavy atom. The molecule has 2 aromatic rings. The number of ether oxygens (including phenoxy) is 3. The minimum Gasteiger partial charge on any atom is -0.492 e. The first-order valence-electron chi connectivity index (χ1n) is 14.0. The van der Waals surface area contributed by atoms with Crippen molar-refractivity contribution in [2.75, 3.05) is 37.7 Å². The van der Waals surface area contributed by atoms with Crippen LogP contribution in [-0.2, 0) is 16.0 Å². The van der Waals surface area contributed by atoms with Gasteiger partial charge in [0.1, 0.15) is 23.7 Å². The Labute approximate surface area is 230 Å². The van der Waals surface area contributed by atoms with Crippen LogP contribution in [0.2, 0.25) is 0 Å². The maximum absolute atomic E-state index is 13.1. The van der Waals surface area contributed by atoms with E-state index in [0.29, 0.717) is 30.6 Å². The monoisotopic (exact) mass is 533 g/mol. The summed E-state index contributed by atoms with van der Waals surface area (Å²) < 4.78 is 17.3. The van der Waals surface area contributed by atoms with E-state index in [1.165, 1.54) is 18.4 Å². The number of carbonyl (C=O) groups is 2. The number of amides is 2. The Hall–Kier alpha value is -3.52. The molecule has 1 saturated carbocycles. The van der Waals surface area contributed by atoms with Gasteiger partial charge in [-0.3, -0.25) is 9.69 Å². The number of hydrogen-bond acceptors (Lipinski definition) is 6. The molecule has 2 heterocycles. The summed E-state index contributed by atoms with van der Waals surface area (Å²) >= 11 is 0. The molecule has 2 aliphatic heterocycles. The molecule has 5 rings (SSSR count). The van der Waals surface area contributed by atoms with Gasteiger partial charge in [0.15, 0.2) is 5.76 Å². The van der Waals surface area contributed by atoms with Crippen molar-refractivity contribution >= 4 is 17.7 Å². The minimum absolute atomic E-state index is 0.105. The zero-order chi connectivity index (χ0) is 27.6. The molecule has 2 fully saturated rings. The number of aryl methyl sites for hydroxylation is 1. The Bertz CT molecular complexity index is 1220. The maximum Gasteiger partial charge on any atom is 0.407 e. The van der Waals surface area contributed by atoms with Crippen molar-refractivity contribution < 1.29 is 23.8 Å². The van der Waals surface area contributed by atoms with E-state index in [9.17, 15) is 9.59 Å². The van der Waals surface area contributed by atoms with Crippen LogP contribution in [0.5, 0.6) is 11.5 Å². The lowest BCUT2D eigenvalue weighted by Crippen LogP contribution is -2.60. The zero-order valence-electron chi connectivity index (χ0n) is 23.4. The first-order valence-corrected chi connectivity index (χ1v) is 14.0. The predicted molar refractivity (Wildman–Crippen MR) is 150 cm³/mol. The second-order valence-electron chi connectivity index (χ2n) is 11.5. The number of anilines is 1. The summed E-state index contributed by atoms with van der Waals surface area (Å²) in [5, 5.41) is 2.90. The van der Waals surface area contributed by atoms with Gasteiger partial charge < -0.3 is 24.4 Å². The third-order valence-corrected chi connectivity index (χ3v) is 7.15. The first kappa shape index (κ1) is 27.1. The fourth-order valence-electron chi connectivity index (χ4n) is 4.89. The van der Waals surface area contributed by atoms with E-state index in [0.717, 1.165) is 43.1 Å². The van der Waals surface area contributed by atoms with Gasteiger partial charge in [0, 0.05) is 31.9 Å². The van der Waals surface area contributed by atoms with Gasteiger partial charge in [0.2, 0.25) is 0 Å². The lowest BCUT2D eigenvalue weighted by molar-refractivity contribution is -0.116. The zero-order valence-corrected chi connectivity index (χ0v) is 23.4. The Morgan fingerprint density at radius 1 is 1.08 bits per heavy atom. The van der Waals surface area contributed by atoms with E-state index in [2.05, 4.69) is 29.3 Å². The Morgan fingerprint density at radius 2 is 1.82 bits per heavy atom. The number of nitrogens with zero attached hydrogens (tertiary/aromatic N) is 2. The molecule has 1 saturated heterocycles. The number of carbonyl (C=O) groups excluding carboxylic acids is 2. The summed E-state index contributed by atoms with van der Waals surface area (Å²) in [5.74, 6) is 2.44. The second kappa shape index (κ2) is 11.3. The van der Waals surface area contributed by atoms with Crippen molar-refractivity contribution in [3.8, 4) is 11.5 Å². The van der Waals surface area contributed by atoms with Gasteiger partial charge in [-0.2, -0.15) is 0 Å². The molecule has 3 aliphatic rings. The first-order chi connectivity index (χ1) is 18.7. The van der Waals surface area contributed by atoms with Crippen LogP contribution in [0.1, 0.15) is 57.6 Å². The van der Waals surface area contributed by atoms with Crippen molar-refractivity contribution in [3.63, 3.8) is 0 Å². The van der Waals surface area contributed by atoms with E-state index >= 15 is 0 Å². The number of rotatable bonds is 10. The standard InChI is InChI=1S/C31H39N3O5/c1-5-21-18-25(34-15-14-28(29(34)35)38-26-11-8-23(9-12-26)22-6-7-22)10-13-27(21)37-17-16-33-19-24(20-33)32-30(36)39-31(2,3)4/h8-14,18,22,24H,5-7,15-17,19-20H2,1-4H3,(H,32,36). The molecule has 0 atom stereocenters. The highest BCUT2D eigenvalue weighted by Crippen LogP contribution is 2.40. The fourth-order valence-corrected chi connectivity index (χ4v) is 4.89. The summed E-state index contributed by atoms with van der Waals surface area (Å²) in [4.78, 5) is 29.0. The summed E-state index contributed by atoms with van der Waals surface area (Å²) in [6, 6.07) is 14.1. The molecule has 8 heteroatoms. The predicted octanol–water partition coefficient (Wildman–Crippen LogP) is 5.02. The molecule has 39 heavy (non-hydrogen) atoms. The van der Waals surface area contributed by atoms with Crippen LogP contribution >= 0.6 is 0 Å². The third-order valence-electron chi connectivity index (χ3n) is 7.15. The van der Waals surface area contributed by atoms with Gasteiger partial charge in [-0.05, 0) is 93.5 Å². The number of likely N-dealkylation sites (tertiary alicyclic amines) is 1. The van der Waals surface area contributed by atoms with E-state index < -0.39 is 5.60 Å². The third kappa shape index (κ3) is 6.92. The molecule has 2 amide bonds. The number of nitrogens with one attached hydrogen (secondary N) is 1. The van der Waals surface area contributed by atoms with Crippen LogP contribution in [-0.4, -0.2) is 61.3 Å². The SMILES string of the molecule is CCc1cc(N2CC=C(Oc3ccc(C4CC4)cc3)C2=O)ccc1OCCN1CC(NC(=O)OC(C)(C)C)C1. The maximum atomic E-state index is 13.1. The van der Waals surface area contributed by atoms with Crippen molar-refractivity contribution in [2.24, 2.45) is 0 Å². The second-order valence-corrected chi connectivity index (χ2v) is 11.5. The van der Waals surface area contributed by atoms with Crippen LogP contribution in [0.15, 0.2) is 54.3 Å². The summed E-state index contributed by atoms with van der Waals surface area (Å²) in [6.45, 7) is 11.0. The van der Waals surface area contributed by atoms with Gasteiger partial charge in [0.05, 0.1) is 6.04 Å². The molecular formula is C31H39N3O5. The van der Waals surface area contributed by atoms with E-state index in [1.807, 2.05) is 57.2 Å². The summed E-state index contributed by atoms with van der Waals surface area (Å²) in [6.07, 6.45) is 4.78. The van der Waals surface area contributed by atoms with Crippen LogP contribution in [0.25, 0.3) is 0 Å². The summed E-state index contributed by atoms with van der Waals surface area (Å²) in [7, 11) is 0. The molecule has 0 radical (unpaired) electrons. The van der Waals surface area contributed by atoms with Crippen LogP contribution < -0.4 is 19.7 Å². The van der Waals surface area contributed by atoms with Crippen LogP contribution in [0, 0.1) is 0 Å². The quantitative estimate of drug-likeness (QED) is 0.462. The normalized spacial score (nSPS) is 18.0. The molecule has 1 N–H and O–H groups in total. The number of hydrogen-bond donors (Lipinski definition) is 1. The molecule has 8 nitrogen and oxygen atoms in total. The van der Waals surface area contributed by atoms with Gasteiger partial charge >= 0.3 is 6.09 Å². The van der Waals surface area contributed by atoms with Gasteiger partial charge in [-0.1, -0.05) is 19.1 Å². The largest absolute Gasteiger partial charge is 0.492 e. The topological polar surface area (TPSA) is 80.3 Å². The number of benzene rings is 2. The molecule has 0 spiro atoms. The Balaban J connectivity index is 1.08. The van der Waals surface area contributed by atoms with Crippen molar-refractivity contribution in [1.82, 2.24) is 10.2 Å². The highest BCUT2D eigenvalue weighted by Gasteiger charge is 2.30. The van der Waals surface area contributed by atoms with E-state index in [-0.39, 0.29) is 18.0 Å².